The molecule has 5 heteroatoms. The number of nitrogens with one attached hydrogen (secondary N) is 1. The molecule has 0 aliphatic rings. The van der Waals surface area contributed by atoms with E-state index in [1.807, 2.05) is 17.8 Å². The molecule has 0 saturated carbocycles. The number of carbonyl (C=O) groups is 1. The van der Waals surface area contributed by atoms with E-state index in [0.717, 1.165) is 18.7 Å². The second kappa shape index (κ2) is 7.00. The monoisotopic (exact) mass is 225 g/mol. The third-order valence-corrected chi connectivity index (χ3v) is 2.40. The number of hydrogen-bond acceptors (Lipinski definition) is 3. The van der Waals surface area contributed by atoms with Gasteiger partial charge >= 0.3 is 0 Å². The van der Waals surface area contributed by atoms with Crippen LogP contribution in [0.2, 0.25) is 0 Å². The topological polar surface area (TPSA) is 67.2 Å². The molecule has 5 nitrogen and oxygen atoms in total. The fourth-order valence-electron chi connectivity index (χ4n) is 1.44. The molecular weight excluding hydrogens is 206 g/mol. The smallest absolute Gasteiger partial charge is 0.220 e. The molecule has 2 N–H and O–H groups in total. The lowest BCUT2D eigenvalue weighted by atomic mass is 10.2. The molecule has 0 aromatic carbocycles. The Balaban J connectivity index is 2.11. The minimum Gasteiger partial charge on any atom is -0.396 e. The number of aliphatic hydroxyl groups is 1. The molecule has 1 aromatic rings. The first-order valence-corrected chi connectivity index (χ1v) is 5.58. The van der Waals surface area contributed by atoms with Gasteiger partial charge in [0.2, 0.25) is 5.91 Å². The molecule has 0 aliphatic carbocycles. The van der Waals surface area contributed by atoms with Crippen LogP contribution in [0.4, 0.5) is 0 Å². The number of amides is 1. The van der Waals surface area contributed by atoms with Crippen molar-refractivity contribution in [2.24, 2.45) is 7.05 Å². The van der Waals surface area contributed by atoms with Gasteiger partial charge in [0.1, 0.15) is 5.82 Å². The standard InChI is InChI=1S/C11H19N3O2/c1-14-8-7-12-10(14)5-6-13-11(16)4-2-3-9-15/h7-8,15H,2-6,9H2,1H3,(H,13,16). The van der Waals surface area contributed by atoms with Crippen LogP contribution in [0.3, 0.4) is 0 Å². The van der Waals surface area contributed by atoms with E-state index in [1.54, 1.807) is 6.20 Å². The van der Waals surface area contributed by atoms with Crippen LogP contribution in [-0.2, 0) is 18.3 Å². The molecule has 0 bridgehead atoms. The number of unbranched alkanes of at least 4 members (excludes halogenated alkanes) is 1. The summed E-state index contributed by atoms with van der Waals surface area (Å²) in [5.41, 5.74) is 0. The van der Waals surface area contributed by atoms with Crippen LogP contribution in [0.15, 0.2) is 12.4 Å². The number of rotatable bonds is 7. The number of carbonyl (C=O) groups excluding carboxylic acids is 1. The van der Waals surface area contributed by atoms with E-state index in [0.29, 0.717) is 19.4 Å². The summed E-state index contributed by atoms with van der Waals surface area (Å²) >= 11 is 0. The molecule has 1 amide bonds. The van der Waals surface area contributed by atoms with Crippen molar-refractivity contribution >= 4 is 5.91 Å². The summed E-state index contributed by atoms with van der Waals surface area (Å²) in [7, 11) is 1.94. The van der Waals surface area contributed by atoms with Crippen LogP contribution >= 0.6 is 0 Å². The lowest BCUT2D eigenvalue weighted by Crippen LogP contribution is -2.26. The van der Waals surface area contributed by atoms with E-state index in [9.17, 15) is 4.79 Å². The lowest BCUT2D eigenvalue weighted by Gasteiger charge is -2.04. The number of aliphatic hydroxyl groups excluding tert-OH is 1. The average molecular weight is 225 g/mol. The largest absolute Gasteiger partial charge is 0.396 e. The van der Waals surface area contributed by atoms with Crippen LogP contribution in [-0.4, -0.2) is 33.7 Å². The van der Waals surface area contributed by atoms with Gasteiger partial charge in [-0.15, -0.1) is 0 Å². The summed E-state index contributed by atoms with van der Waals surface area (Å²) in [6, 6.07) is 0. The maximum absolute atomic E-state index is 11.3. The number of aryl methyl sites for hydroxylation is 1. The SMILES string of the molecule is Cn1ccnc1CCNC(=O)CCCCO. The normalized spacial score (nSPS) is 10.4. The van der Waals surface area contributed by atoms with Gasteiger partial charge in [0.15, 0.2) is 0 Å². The minimum absolute atomic E-state index is 0.0441. The van der Waals surface area contributed by atoms with Crippen LogP contribution in [0.1, 0.15) is 25.1 Å². The highest BCUT2D eigenvalue weighted by atomic mass is 16.2. The highest BCUT2D eigenvalue weighted by Gasteiger charge is 2.02. The van der Waals surface area contributed by atoms with Crippen LogP contribution < -0.4 is 5.32 Å². The summed E-state index contributed by atoms with van der Waals surface area (Å²) in [6.45, 7) is 0.767. The van der Waals surface area contributed by atoms with Gasteiger partial charge in [0.25, 0.3) is 0 Å². The summed E-state index contributed by atoms with van der Waals surface area (Å²) in [5.74, 6) is 1.01. The Morgan fingerprint density at radius 3 is 3.00 bits per heavy atom. The number of imidazole rings is 1. The number of aromatic nitrogens is 2. The van der Waals surface area contributed by atoms with Gasteiger partial charge in [-0.25, -0.2) is 4.98 Å². The number of hydrogen-bond donors (Lipinski definition) is 2. The average Bonchev–Trinajstić information content (AvgIpc) is 2.65. The lowest BCUT2D eigenvalue weighted by molar-refractivity contribution is -0.121. The van der Waals surface area contributed by atoms with Crippen molar-refractivity contribution < 1.29 is 9.90 Å². The van der Waals surface area contributed by atoms with Crippen molar-refractivity contribution in [2.45, 2.75) is 25.7 Å². The minimum atomic E-state index is 0.0441. The van der Waals surface area contributed by atoms with Gasteiger partial charge in [-0.3, -0.25) is 4.79 Å². The summed E-state index contributed by atoms with van der Waals surface area (Å²) in [6.07, 6.45) is 6.30. The maximum atomic E-state index is 11.3. The first-order valence-electron chi connectivity index (χ1n) is 5.58. The molecule has 0 aliphatic heterocycles. The Kier molecular flexibility index (Phi) is 5.56. The fourth-order valence-corrected chi connectivity index (χ4v) is 1.44. The Bertz CT molecular complexity index is 323. The van der Waals surface area contributed by atoms with E-state index in [-0.39, 0.29) is 12.5 Å². The molecule has 1 aromatic heterocycles. The van der Waals surface area contributed by atoms with Crippen molar-refractivity contribution in [3.05, 3.63) is 18.2 Å². The van der Waals surface area contributed by atoms with Crippen molar-refractivity contribution in [1.29, 1.82) is 0 Å². The van der Waals surface area contributed by atoms with E-state index in [4.69, 9.17) is 5.11 Å². The van der Waals surface area contributed by atoms with Crippen LogP contribution in [0.5, 0.6) is 0 Å². The van der Waals surface area contributed by atoms with Crippen molar-refractivity contribution in [1.82, 2.24) is 14.9 Å². The zero-order valence-electron chi connectivity index (χ0n) is 9.65. The predicted octanol–water partition coefficient (Wildman–Crippen LogP) is 0.241. The van der Waals surface area contributed by atoms with Crippen molar-refractivity contribution in [3.8, 4) is 0 Å². The summed E-state index contributed by atoms with van der Waals surface area (Å²) in [4.78, 5) is 15.5. The third kappa shape index (κ3) is 4.44. The van der Waals surface area contributed by atoms with Crippen molar-refractivity contribution in [2.75, 3.05) is 13.2 Å². The molecule has 1 heterocycles. The Morgan fingerprint density at radius 1 is 1.56 bits per heavy atom. The molecule has 0 atom stereocenters. The van der Waals surface area contributed by atoms with Gasteiger partial charge in [0, 0.05) is 45.4 Å². The third-order valence-electron chi connectivity index (χ3n) is 2.40. The van der Waals surface area contributed by atoms with E-state index >= 15 is 0 Å². The van der Waals surface area contributed by atoms with E-state index < -0.39 is 0 Å². The molecule has 0 radical (unpaired) electrons. The molecule has 90 valence electrons. The summed E-state index contributed by atoms with van der Waals surface area (Å²) < 4.78 is 1.94. The maximum Gasteiger partial charge on any atom is 0.220 e. The molecule has 0 fully saturated rings. The first kappa shape index (κ1) is 12.7. The number of nitrogens with zero attached hydrogens (tertiary/aromatic N) is 2. The van der Waals surface area contributed by atoms with Crippen LogP contribution in [0.25, 0.3) is 0 Å². The second-order valence-electron chi connectivity index (χ2n) is 3.74. The highest BCUT2D eigenvalue weighted by Crippen LogP contribution is 1.96. The van der Waals surface area contributed by atoms with Gasteiger partial charge < -0.3 is 15.0 Å². The highest BCUT2D eigenvalue weighted by molar-refractivity contribution is 5.75. The Labute approximate surface area is 95.5 Å². The van der Waals surface area contributed by atoms with Gasteiger partial charge in [-0.05, 0) is 12.8 Å². The molecular formula is C11H19N3O2. The van der Waals surface area contributed by atoms with Crippen molar-refractivity contribution in [3.63, 3.8) is 0 Å². The molecule has 0 spiro atoms. The first-order chi connectivity index (χ1) is 7.74. The van der Waals surface area contributed by atoms with Gasteiger partial charge in [-0.1, -0.05) is 0 Å². The zero-order chi connectivity index (χ0) is 11.8. The Morgan fingerprint density at radius 2 is 2.38 bits per heavy atom. The van der Waals surface area contributed by atoms with Gasteiger partial charge in [-0.2, -0.15) is 0 Å². The van der Waals surface area contributed by atoms with E-state index in [2.05, 4.69) is 10.3 Å². The van der Waals surface area contributed by atoms with Gasteiger partial charge in [0.05, 0.1) is 0 Å². The molecule has 0 unspecified atom stereocenters. The fraction of sp³-hybridized carbons (Fsp3) is 0.636. The Hall–Kier alpha value is -1.36. The quantitative estimate of drug-likeness (QED) is 0.653. The molecule has 0 saturated heterocycles. The molecule has 16 heavy (non-hydrogen) atoms. The summed E-state index contributed by atoms with van der Waals surface area (Å²) in [5, 5.41) is 11.4. The van der Waals surface area contributed by atoms with E-state index in [1.165, 1.54) is 0 Å². The molecule has 1 rings (SSSR count). The predicted molar refractivity (Wildman–Crippen MR) is 60.9 cm³/mol. The second-order valence-corrected chi connectivity index (χ2v) is 3.74. The van der Waals surface area contributed by atoms with Crippen LogP contribution in [0, 0.1) is 0 Å². The zero-order valence-corrected chi connectivity index (χ0v) is 9.65.